The van der Waals surface area contributed by atoms with Gasteiger partial charge in [0.05, 0.1) is 5.56 Å². The molecule has 34 heavy (non-hydrogen) atoms. The molecule has 0 unspecified atom stereocenters. The third kappa shape index (κ3) is 5.50. The van der Waals surface area contributed by atoms with Gasteiger partial charge in [-0.1, -0.05) is 28.9 Å². The number of aromatic nitrogens is 3. The summed E-state index contributed by atoms with van der Waals surface area (Å²) in [4.78, 5) is 39.3. The first-order valence-corrected chi connectivity index (χ1v) is 11.5. The van der Waals surface area contributed by atoms with Crippen LogP contribution >= 0.6 is 22.9 Å². The zero-order chi connectivity index (χ0) is 24.4. The maximum Gasteiger partial charge on any atom is 0.258 e. The van der Waals surface area contributed by atoms with E-state index in [1.807, 2.05) is 0 Å². The fraction of sp³-hybridized carbons (Fsp3) is 0.261. The lowest BCUT2D eigenvalue weighted by molar-refractivity contribution is -0.129. The van der Waals surface area contributed by atoms with E-state index in [0.29, 0.717) is 10.9 Å². The zero-order valence-corrected chi connectivity index (χ0v) is 19.8. The number of likely N-dealkylation sites (N-methyl/N-ethyl adjacent to an activating group) is 1. The maximum absolute atomic E-state index is 14.0. The summed E-state index contributed by atoms with van der Waals surface area (Å²) in [5, 5.41) is 11.3. The zero-order valence-electron chi connectivity index (χ0n) is 18.3. The smallest absolute Gasteiger partial charge is 0.258 e. The van der Waals surface area contributed by atoms with Crippen LogP contribution in [-0.4, -0.2) is 45.6 Å². The molecule has 0 aliphatic heterocycles. The van der Waals surface area contributed by atoms with Gasteiger partial charge >= 0.3 is 0 Å². The molecule has 1 N–H and O–H groups in total. The van der Waals surface area contributed by atoms with Gasteiger partial charge in [-0.15, -0.1) is 10.2 Å². The van der Waals surface area contributed by atoms with Crippen LogP contribution < -0.4 is 10.9 Å². The van der Waals surface area contributed by atoms with Crippen LogP contribution in [0.5, 0.6) is 0 Å². The molecule has 11 heteroatoms. The first kappa shape index (κ1) is 23.6. The van der Waals surface area contributed by atoms with Crippen LogP contribution in [-0.2, 0) is 11.3 Å². The van der Waals surface area contributed by atoms with Crippen molar-refractivity contribution in [2.75, 3.05) is 19.4 Å². The molecule has 0 atom stereocenters. The summed E-state index contributed by atoms with van der Waals surface area (Å²) in [5.74, 6) is 4.84. The lowest BCUT2D eigenvalue weighted by atomic mass is 10.0. The number of rotatable bonds is 5. The van der Waals surface area contributed by atoms with Crippen molar-refractivity contribution < 1.29 is 14.0 Å². The maximum atomic E-state index is 14.0. The normalized spacial score (nSPS) is 12.6. The van der Waals surface area contributed by atoms with Crippen molar-refractivity contribution in [1.29, 1.82) is 0 Å². The number of pyridine rings is 1. The third-order valence-corrected chi connectivity index (χ3v) is 6.08. The molecule has 8 nitrogen and oxygen atoms in total. The molecule has 1 aliphatic carbocycles. The van der Waals surface area contributed by atoms with E-state index < -0.39 is 17.3 Å². The van der Waals surface area contributed by atoms with Crippen LogP contribution in [0.2, 0.25) is 5.02 Å². The van der Waals surface area contributed by atoms with Gasteiger partial charge < -0.3 is 9.47 Å². The molecule has 1 saturated carbocycles. The van der Waals surface area contributed by atoms with E-state index in [4.69, 9.17) is 11.6 Å². The van der Waals surface area contributed by atoms with Crippen molar-refractivity contribution in [3.8, 4) is 23.0 Å². The Kier molecular flexibility index (Phi) is 6.77. The van der Waals surface area contributed by atoms with Crippen LogP contribution in [0.25, 0.3) is 11.1 Å². The van der Waals surface area contributed by atoms with Crippen molar-refractivity contribution in [3.63, 3.8) is 0 Å². The van der Waals surface area contributed by atoms with Crippen LogP contribution in [0.15, 0.2) is 35.3 Å². The summed E-state index contributed by atoms with van der Waals surface area (Å²) >= 11 is 7.39. The fourth-order valence-corrected chi connectivity index (χ4v) is 3.79. The molecule has 174 valence electrons. The van der Waals surface area contributed by atoms with Crippen molar-refractivity contribution >= 4 is 39.9 Å². The first-order chi connectivity index (χ1) is 16.2. The van der Waals surface area contributed by atoms with Crippen molar-refractivity contribution in [2.45, 2.75) is 19.4 Å². The molecular weight excluding hydrogens is 481 g/mol. The van der Waals surface area contributed by atoms with Gasteiger partial charge in [0, 0.05) is 48.4 Å². The molecule has 1 aliphatic rings. The standard InChI is InChI=1S/C23H19ClFN5O3S/c1-29(2)21(32)12-30-11-17(15-9-14(25)6-7-18(15)24)16(10-20(30)31)22(33)26-23-28-27-19(34-23)8-5-13-3-4-13/h6-7,9-11,13H,3-4,12H2,1-2H3,(H,26,28,33). The highest BCUT2D eigenvalue weighted by atomic mass is 35.5. The summed E-state index contributed by atoms with van der Waals surface area (Å²) in [5.41, 5.74) is -0.241. The lowest BCUT2D eigenvalue weighted by Gasteiger charge is -2.16. The monoisotopic (exact) mass is 499 g/mol. The molecule has 2 aromatic heterocycles. The summed E-state index contributed by atoms with van der Waals surface area (Å²) in [7, 11) is 3.12. The van der Waals surface area contributed by atoms with Crippen LogP contribution in [0.4, 0.5) is 9.52 Å². The van der Waals surface area contributed by atoms with E-state index >= 15 is 0 Å². The number of nitrogens with zero attached hydrogens (tertiary/aromatic N) is 4. The van der Waals surface area contributed by atoms with Gasteiger partial charge in [0.2, 0.25) is 11.0 Å². The molecule has 0 saturated heterocycles. The Labute approximate surface area is 203 Å². The average Bonchev–Trinajstić information content (AvgIpc) is 3.52. The number of carbonyl (C=O) groups excluding carboxylic acids is 2. The van der Waals surface area contributed by atoms with Crippen molar-refractivity contribution in [3.05, 3.63) is 62.2 Å². The van der Waals surface area contributed by atoms with Gasteiger partial charge in [-0.3, -0.25) is 19.7 Å². The molecule has 0 spiro atoms. The lowest BCUT2D eigenvalue weighted by Crippen LogP contribution is -2.32. The second-order valence-corrected chi connectivity index (χ2v) is 9.27. The average molecular weight is 500 g/mol. The van der Waals surface area contributed by atoms with Gasteiger partial charge in [-0.25, -0.2) is 4.39 Å². The largest absolute Gasteiger partial charge is 0.347 e. The molecular formula is C23H19ClFN5O3S. The van der Waals surface area contributed by atoms with Gasteiger partial charge in [-0.2, -0.15) is 0 Å². The van der Waals surface area contributed by atoms with Crippen LogP contribution in [0.3, 0.4) is 0 Å². The molecule has 2 heterocycles. The third-order valence-electron chi connectivity index (χ3n) is 5.00. The molecule has 1 aromatic carbocycles. The number of hydrogen-bond acceptors (Lipinski definition) is 6. The summed E-state index contributed by atoms with van der Waals surface area (Å²) < 4.78 is 15.2. The van der Waals surface area contributed by atoms with E-state index in [-0.39, 0.29) is 39.3 Å². The Balaban J connectivity index is 1.71. The van der Waals surface area contributed by atoms with E-state index in [1.54, 1.807) is 14.1 Å². The second-order valence-electron chi connectivity index (χ2n) is 7.89. The SMILES string of the molecule is CN(C)C(=O)Cn1cc(-c2cc(F)ccc2Cl)c(C(=O)Nc2nnc(C#CC3CC3)s2)cc1=O. The van der Waals surface area contributed by atoms with Crippen molar-refractivity contribution in [1.82, 2.24) is 19.7 Å². The summed E-state index contributed by atoms with van der Waals surface area (Å²) in [6.07, 6.45) is 3.48. The minimum Gasteiger partial charge on any atom is -0.347 e. The van der Waals surface area contributed by atoms with Crippen molar-refractivity contribution in [2.24, 2.45) is 5.92 Å². The molecule has 2 amide bonds. The van der Waals surface area contributed by atoms with E-state index in [1.165, 1.54) is 23.2 Å². The Morgan fingerprint density at radius 1 is 1.26 bits per heavy atom. The first-order valence-electron chi connectivity index (χ1n) is 10.3. The predicted octanol–water partition coefficient (Wildman–Crippen LogP) is 3.26. The second kappa shape index (κ2) is 9.75. The summed E-state index contributed by atoms with van der Waals surface area (Å²) in [6.45, 7) is -0.257. The fourth-order valence-electron chi connectivity index (χ4n) is 2.97. The van der Waals surface area contributed by atoms with E-state index in [2.05, 4.69) is 27.4 Å². The molecule has 0 radical (unpaired) electrons. The Hall–Kier alpha value is -3.55. The van der Waals surface area contributed by atoms with E-state index in [0.717, 1.165) is 40.9 Å². The number of amides is 2. The van der Waals surface area contributed by atoms with Crippen LogP contribution in [0.1, 0.15) is 28.2 Å². The molecule has 0 bridgehead atoms. The summed E-state index contributed by atoms with van der Waals surface area (Å²) in [6, 6.07) is 4.78. The molecule has 4 rings (SSSR count). The molecule has 3 aromatic rings. The Morgan fingerprint density at radius 3 is 2.74 bits per heavy atom. The highest BCUT2D eigenvalue weighted by Crippen LogP contribution is 2.31. The number of carbonyl (C=O) groups is 2. The van der Waals surface area contributed by atoms with Gasteiger partial charge in [0.25, 0.3) is 11.5 Å². The van der Waals surface area contributed by atoms with Gasteiger partial charge in [0.1, 0.15) is 12.4 Å². The van der Waals surface area contributed by atoms with E-state index in [9.17, 15) is 18.8 Å². The quantitative estimate of drug-likeness (QED) is 0.543. The number of benzene rings is 1. The number of anilines is 1. The topological polar surface area (TPSA) is 97.2 Å². The number of halogens is 2. The highest BCUT2D eigenvalue weighted by Gasteiger charge is 2.21. The minimum absolute atomic E-state index is 0.0492. The number of hydrogen-bond donors (Lipinski definition) is 1. The Morgan fingerprint density at radius 2 is 2.03 bits per heavy atom. The molecule has 1 fully saturated rings. The Bertz CT molecular complexity index is 1400. The highest BCUT2D eigenvalue weighted by molar-refractivity contribution is 7.15. The van der Waals surface area contributed by atoms with Crippen LogP contribution in [0, 0.1) is 23.6 Å². The van der Waals surface area contributed by atoms with Gasteiger partial charge in [0.15, 0.2) is 5.01 Å². The minimum atomic E-state index is -0.656. The predicted molar refractivity (Wildman–Crippen MR) is 127 cm³/mol. The van der Waals surface area contributed by atoms with Gasteiger partial charge in [-0.05, 0) is 37.0 Å². The number of nitrogens with one attached hydrogen (secondary N) is 1.